The van der Waals surface area contributed by atoms with Crippen LogP contribution in [0.4, 0.5) is 0 Å². The molecule has 0 unspecified atom stereocenters. The van der Waals surface area contributed by atoms with Gasteiger partial charge in [-0.15, -0.1) is 0 Å². The number of pyridine rings is 3. The summed E-state index contributed by atoms with van der Waals surface area (Å²) in [4.78, 5) is 15.9. The molecule has 3 aromatic heterocycles. The normalized spacial score (nSPS) is 11.7. The van der Waals surface area contributed by atoms with Crippen molar-refractivity contribution in [1.82, 2.24) is 15.0 Å². The molecule has 7 aromatic carbocycles. The number of fused-ring (bicyclic) bond motifs is 7. The topological polar surface area (TPSA) is 38.7 Å². The van der Waals surface area contributed by atoms with E-state index in [-0.39, 0.29) is 0 Å². The van der Waals surface area contributed by atoms with Crippen LogP contribution in [0.15, 0.2) is 164 Å². The van der Waals surface area contributed by atoms with Crippen molar-refractivity contribution in [3.8, 4) is 44.9 Å². The summed E-state index contributed by atoms with van der Waals surface area (Å²) in [6.45, 7) is 4.55. The van der Waals surface area contributed by atoms with Crippen molar-refractivity contribution in [1.29, 1.82) is 0 Å². The van der Waals surface area contributed by atoms with Gasteiger partial charge in [-0.2, -0.15) is 0 Å². The molecule has 0 N–H and O–H groups in total. The summed E-state index contributed by atoms with van der Waals surface area (Å²) in [5.41, 5.74) is 12.9. The molecule has 10 rings (SSSR count). The maximum atomic E-state index is 5.52. The summed E-state index contributed by atoms with van der Waals surface area (Å²) >= 11 is 0. The maximum Gasteiger partial charge on any atom is 0.0791 e. The highest BCUT2D eigenvalue weighted by molar-refractivity contribution is 6.26. The number of rotatable bonds is 4. The third-order valence-corrected chi connectivity index (χ3v) is 10.6. The lowest BCUT2D eigenvalue weighted by Crippen LogP contribution is -2.00. The van der Waals surface area contributed by atoms with Crippen LogP contribution in [0.5, 0.6) is 0 Å². The Bertz CT molecular complexity index is 3000. The summed E-state index contributed by atoms with van der Waals surface area (Å²) < 4.78 is 0. The highest BCUT2D eigenvalue weighted by Gasteiger charge is 2.23. The van der Waals surface area contributed by atoms with Crippen LogP contribution in [0.3, 0.4) is 0 Å². The molecule has 0 radical (unpaired) electrons. The van der Waals surface area contributed by atoms with E-state index in [1.807, 2.05) is 6.20 Å². The molecule has 52 heavy (non-hydrogen) atoms. The van der Waals surface area contributed by atoms with Crippen molar-refractivity contribution in [3.63, 3.8) is 0 Å². The lowest BCUT2D eigenvalue weighted by Gasteiger charge is -2.21. The van der Waals surface area contributed by atoms with E-state index < -0.39 is 0 Å². The van der Waals surface area contributed by atoms with Gasteiger partial charge in [0.25, 0.3) is 0 Å². The van der Waals surface area contributed by atoms with Crippen molar-refractivity contribution in [2.75, 3.05) is 0 Å². The van der Waals surface area contributed by atoms with Gasteiger partial charge >= 0.3 is 0 Å². The van der Waals surface area contributed by atoms with Crippen molar-refractivity contribution < 1.29 is 0 Å². The third kappa shape index (κ3) is 4.70. The van der Waals surface area contributed by atoms with E-state index in [2.05, 4.69) is 172 Å². The minimum Gasteiger partial charge on any atom is -0.256 e. The highest BCUT2D eigenvalue weighted by atomic mass is 14.7. The third-order valence-electron chi connectivity index (χ3n) is 10.6. The summed E-state index contributed by atoms with van der Waals surface area (Å²) in [5, 5.41) is 9.38. The lowest BCUT2D eigenvalue weighted by molar-refractivity contribution is 1.35. The Hall–Kier alpha value is -6.71. The average molecular weight is 664 g/mol. The molecular weight excluding hydrogens is 631 g/mol. The monoisotopic (exact) mass is 663 g/mol. The second kappa shape index (κ2) is 12.0. The largest absolute Gasteiger partial charge is 0.256 e. The van der Waals surface area contributed by atoms with Crippen LogP contribution >= 0.6 is 0 Å². The molecular formula is C49H33N3. The summed E-state index contributed by atoms with van der Waals surface area (Å²) in [6, 6.07) is 55.8. The van der Waals surface area contributed by atoms with Crippen molar-refractivity contribution in [3.05, 3.63) is 175 Å². The molecule has 0 atom stereocenters. The summed E-state index contributed by atoms with van der Waals surface area (Å²) in [6.07, 6.45) is 1.90. The quantitative estimate of drug-likeness (QED) is 0.139. The lowest BCUT2D eigenvalue weighted by atomic mass is 9.85. The van der Waals surface area contributed by atoms with Crippen LogP contribution in [0.25, 0.3) is 99.0 Å². The Morgan fingerprint density at radius 1 is 0.346 bits per heavy atom. The number of hydrogen-bond donors (Lipinski definition) is 0. The molecule has 0 saturated carbocycles. The zero-order valence-corrected chi connectivity index (χ0v) is 28.9. The van der Waals surface area contributed by atoms with Crippen molar-refractivity contribution in [2.24, 2.45) is 0 Å². The van der Waals surface area contributed by atoms with Gasteiger partial charge in [-0.1, -0.05) is 140 Å². The highest BCUT2D eigenvalue weighted by Crippen LogP contribution is 2.46. The van der Waals surface area contributed by atoms with E-state index in [4.69, 9.17) is 15.0 Å². The van der Waals surface area contributed by atoms with E-state index in [9.17, 15) is 0 Å². The van der Waals surface area contributed by atoms with Gasteiger partial charge in [0.1, 0.15) is 0 Å². The first kappa shape index (κ1) is 30.1. The Labute approximate surface area is 301 Å². The molecule has 0 bridgehead atoms. The summed E-state index contributed by atoms with van der Waals surface area (Å²) in [7, 11) is 0. The number of nitrogens with zero attached hydrogens (tertiary/aromatic N) is 3. The molecule has 0 aliphatic rings. The maximum absolute atomic E-state index is 5.52. The van der Waals surface area contributed by atoms with Crippen molar-refractivity contribution >= 4 is 54.1 Å². The minimum absolute atomic E-state index is 0.947. The van der Waals surface area contributed by atoms with Crippen molar-refractivity contribution in [2.45, 2.75) is 13.8 Å². The van der Waals surface area contributed by atoms with Crippen LogP contribution in [-0.4, -0.2) is 15.0 Å². The Morgan fingerprint density at radius 3 is 1.40 bits per heavy atom. The van der Waals surface area contributed by atoms with E-state index in [0.717, 1.165) is 66.5 Å². The Kier molecular flexibility index (Phi) is 6.94. The number of aromatic nitrogens is 3. The Morgan fingerprint density at radius 2 is 0.827 bits per heavy atom. The van der Waals surface area contributed by atoms with Crippen LogP contribution in [0, 0.1) is 13.8 Å². The smallest absolute Gasteiger partial charge is 0.0791 e. The number of hydrogen-bond acceptors (Lipinski definition) is 3. The molecule has 244 valence electrons. The minimum atomic E-state index is 0.947. The molecule has 0 fully saturated rings. The molecule has 3 heteroatoms. The molecule has 0 aliphatic heterocycles. The first-order valence-corrected chi connectivity index (χ1v) is 17.8. The van der Waals surface area contributed by atoms with Gasteiger partial charge in [0.2, 0.25) is 0 Å². The molecule has 0 spiro atoms. The van der Waals surface area contributed by atoms with E-state index >= 15 is 0 Å². The van der Waals surface area contributed by atoms with E-state index in [0.29, 0.717) is 0 Å². The molecule has 10 aromatic rings. The first-order valence-electron chi connectivity index (χ1n) is 17.8. The zero-order chi connectivity index (χ0) is 34.8. The fraction of sp³-hybridized carbons (Fsp3) is 0.0408. The predicted octanol–water partition coefficient (Wildman–Crippen LogP) is 12.9. The molecule has 0 amide bonds. The number of aryl methyl sites for hydroxylation is 2. The van der Waals surface area contributed by atoms with E-state index in [1.54, 1.807) is 0 Å². The van der Waals surface area contributed by atoms with Gasteiger partial charge in [0, 0.05) is 49.8 Å². The van der Waals surface area contributed by atoms with Gasteiger partial charge in [0.05, 0.1) is 28.1 Å². The van der Waals surface area contributed by atoms with Gasteiger partial charge in [-0.05, 0) is 70.5 Å². The second-order valence-electron chi connectivity index (χ2n) is 13.6. The van der Waals surface area contributed by atoms with E-state index in [1.165, 1.54) is 43.6 Å². The van der Waals surface area contributed by atoms with Crippen LogP contribution in [0.2, 0.25) is 0 Å². The van der Waals surface area contributed by atoms with Gasteiger partial charge in [-0.3, -0.25) is 4.98 Å². The fourth-order valence-corrected chi connectivity index (χ4v) is 8.21. The fourth-order valence-electron chi connectivity index (χ4n) is 8.21. The number of benzene rings is 7. The van der Waals surface area contributed by atoms with Crippen LogP contribution in [0.1, 0.15) is 11.1 Å². The first-order chi connectivity index (χ1) is 25.6. The molecule has 0 aliphatic carbocycles. The standard InChI is InChI=1S/C49H33N3/c1-30-43-39-24-22-36(32-14-6-3-7-15-32)28-41(39)51-48(34-17-8-4-9-18-34)45(43)31(2)44-40-25-23-37(47-38-21-13-12-16-33(38)26-27-50-47)29-42(40)52-49(46(30)44)35-19-10-5-11-20-35/h3-29H,1-2H3. The Balaban J connectivity index is 1.35. The SMILES string of the molecule is Cc1c2c(-c3ccccc3)nc3cc(-c4nccc5ccccc45)ccc3c2c(C)c2c(-c3ccccc3)nc3cc(-c4ccccc4)ccc3c12. The van der Waals surface area contributed by atoms with Gasteiger partial charge in [0.15, 0.2) is 0 Å². The second-order valence-corrected chi connectivity index (χ2v) is 13.6. The molecule has 3 nitrogen and oxygen atoms in total. The average Bonchev–Trinajstić information content (AvgIpc) is 3.21. The molecule has 3 heterocycles. The van der Waals surface area contributed by atoms with Gasteiger partial charge < -0.3 is 0 Å². The van der Waals surface area contributed by atoms with Gasteiger partial charge in [-0.25, -0.2) is 9.97 Å². The molecule has 0 saturated heterocycles. The predicted molar refractivity (Wildman–Crippen MR) is 219 cm³/mol. The zero-order valence-electron chi connectivity index (χ0n) is 28.9. The van der Waals surface area contributed by atoms with Crippen LogP contribution in [-0.2, 0) is 0 Å². The summed E-state index contributed by atoms with van der Waals surface area (Å²) in [5.74, 6) is 0. The van der Waals surface area contributed by atoms with Crippen LogP contribution < -0.4 is 0 Å².